The summed E-state index contributed by atoms with van der Waals surface area (Å²) >= 11 is 2.53. The number of aryl methyl sites for hydroxylation is 1. The minimum atomic E-state index is -0.535. The molecule has 3 N–H and O–H groups in total. The third-order valence-electron chi connectivity index (χ3n) is 7.51. The molecule has 0 atom stereocenters. The Morgan fingerprint density at radius 1 is 0.860 bits per heavy atom. The molecular formula is C39H36N4O5S2. The minimum Gasteiger partial charge on any atom is -0.465 e. The number of carbonyl (C=O) groups excluding carboxylic acids is 4. The number of thiophene rings is 1. The highest BCUT2D eigenvalue weighted by Gasteiger charge is 2.22. The molecule has 254 valence electrons. The third kappa shape index (κ3) is 9.28. The molecule has 9 nitrogen and oxygen atoms in total. The molecule has 0 fully saturated rings. The van der Waals surface area contributed by atoms with Gasteiger partial charge in [0.25, 0.3) is 11.8 Å². The number of benzene rings is 4. The Labute approximate surface area is 299 Å². The Morgan fingerprint density at radius 2 is 1.58 bits per heavy atom. The van der Waals surface area contributed by atoms with Crippen LogP contribution in [0, 0.1) is 6.92 Å². The quantitative estimate of drug-likeness (QED) is 0.0692. The summed E-state index contributed by atoms with van der Waals surface area (Å²) in [5, 5.41) is 10.7. The zero-order chi connectivity index (χ0) is 35.6. The van der Waals surface area contributed by atoms with E-state index in [1.165, 1.54) is 30.2 Å². The van der Waals surface area contributed by atoms with E-state index in [-0.39, 0.29) is 17.4 Å². The zero-order valence-electron chi connectivity index (χ0n) is 28.0. The van der Waals surface area contributed by atoms with Crippen LogP contribution in [0.3, 0.4) is 0 Å². The summed E-state index contributed by atoms with van der Waals surface area (Å²) in [6.45, 7) is 1.99. The number of hydrogen-bond acceptors (Lipinski definition) is 8. The lowest BCUT2D eigenvalue weighted by atomic mass is 10.0. The standard InChI is InChI=1S/C39H36N4O5S2/c1-25-13-17-27(18-14-25)32-23-50-38(35(32)39(47)48-4)42-34(44)24-49-31-12-8-11-29(22-31)40-37(46)33(41-36(45)28-9-6-5-7-10-28)21-26-15-19-30(20-16-26)43(2)3/h5-23H,24H2,1-4H3,(H,40,46)(H,41,45)(H,42,44)/b33-21+. The van der Waals surface area contributed by atoms with Crippen LogP contribution in [0.25, 0.3) is 17.2 Å². The number of thioether (sulfide) groups is 1. The molecule has 4 aromatic carbocycles. The first-order valence-corrected chi connectivity index (χ1v) is 17.4. The van der Waals surface area contributed by atoms with Crippen LogP contribution in [-0.4, -0.2) is 50.6 Å². The minimum absolute atomic E-state index is 0.0526. The summed E-state index contributed by atoms with van der Waals surface area (Å²) in [5.74, 6) is -1.72. The summed E-state index contributed by atoms with van der Waals surface area (Å²) in [7, 11) is 5.19. The fourth-order valence-electron chi connectivity index (χ4n) is 4.85. The number of amides is 3. The second-order valence-corrected chi connectivity index (χ2v) is 13.3. The number of esters is 1. The summed E-state index contributed by atoms with van der Waals surface area (Å²) in [6, 6.07) is 31.1. The number of anilines is 3. The van der Waals surface area contributed by atoms with Crippen LogP contribution in [0.2, 0.25) is 0 Å². The first-order chi connectivity index (χ1) is 24.1. The zero-order valence-corrected chi connectivity index (χ0v) is 29.6. The SMILES string of the molecule is COC(=O)c1c(-c2ccc(C)cc2)csc1NC(=O)CSc1cccc(NC(=O)/C(=C\c2ccc(N(C)C)cc2)NC(=O)c2ccccc2)c1. The Hall–Kier alpha value is -5.65. The Kier molecular flexibility index (Phi) is 11.9. The van der Waals surface area contributed by atoms with E-state index in [0.717, 1.165) is 27.3 Å². The normalized spacial score (nSPS) is 11.0. The molecule has 3 amide bonds. The average Bonchev–Trinajstić information content (AvgIpc) is 3.54. The molecule has 0 spiro atoms. The van der Waals surface area contributed by atoms with Crippen molar-refractivity contribution in [2.75, 3.05) is 42.5 Å². The van der Waals surface area contributed by atoms with Gasteiger partial charge >= 0.3 is 5.97 Å². The van der Waals surface area contributed by atoms with Crippen LogP contribution >= 0.6 is 23.1 Å². The van der Waals surface area contributed by atoms with E-state index in [9.17, 15) is 19.2 Å². The molecule has 0 radical (unpaired) electrons. The van der Waals surface area contributed by atoms with Gasteiger partial charge in [0.1, 0.15) is 16.3 Å². The first kappa shape index (κ1) is 35.7. The van der Waals surface area contributed by atoms with Crippen molar-refractivity contribution in [1.82, 2.24) is 5.32 Å². The number of ether oxygens (including phenoxy) is 1. The van der Waals surface area contributed by atoms with Crippen molar-refractivity contribution in [2.24, 2.45) is 0 Å². The van der Waals surface area contributed by atoms with Crippen molar-refractivity contribution >= 4 is 69.2 Å². The van der Waals surface area contributed by atoms with Gasteiger partial charge in [0.15, 0.2) is 0 Å². The van der Waals surface area contributed by atoms with Gasteiger partial charge in [-0.15, -0.1) is 23.1 Å². The predicted octanol–water partition coefficient (Wildman–Crippen LogP) is 7.72. The van der Waals surface area contributed by atoms with Gasteiger partial charge < -0.3 is 25.6 Å². The number of methoxy groups -OCH3 is 1. The molecule has 0 saturated heterocycles. The van der Waals surface area contributed by atoms with Crippen molar-refractivity contribution < 1.29 is 23.9 Å². The number of carbonyl (C=O) groups is 4. The molecule has 0 saturated carbocycles. The van der Waals surface area contributed by atoms with Crippen LogP contribution in [0.4, 0.5) is 16.4 Å². The second-order valence-electron chi connectivity index (χ2n) is 11.4. The van der Waals surface area contributed by atoms with Crippen molar-refractivity contribution in [1.29, 1.82) is 0 Å². The highest BCUT2D eigenvalue weighted by atomic mass is 32.2. The van der Waals surface area contributed by atoms with Crippen LogP contribution in [0.1, 0.15) is 31.8 Å². The monoisotopic (exact) mass is 704 g/mol. The van der Waals surface area contributed by atoms with Gasteiger partial charge in [0.2, 0.25) is 5.91 Å². The molecule has 0 aliphatic heterocycles. The predicted molar refractivity (Wildman–Crippen MR) is 203 cm³/mol. The highest BCUT2D eigenvalue weighted by Crippen LogP contribution is 2.36. The molecule has 0 bridgehead atoms. The number of nitrogens with zero attached hydrogens (tertiary/aromatic N) is 1. The van der Waals surface area contributed by atoms with Gasteiger partial charge in [-0.3, -0.25) is 14.4 Å². The Bertz CT molecular complexity index is 2020. The molecule has 50 heavy (non-hydrogen) atoms. The molecule has 1 aromatic heterocycles. The fraction of sp³-hybridized carbons (Fsp3) is 0.128. The van der Waals surface area contributed by atoms with Crippen molar-refractivity contribution in [3.05, 3.63) is 136 Å². The van der Waals surface area contributed by atoms with E-state index in [1.54, 1.807) is 48.5 Å². The van der Waals surface area contributed by atoms with Gasteiger partial charge in [-0.05, 0) is 66.6 Å². The Balaban J connectivity index is 1.27. The Morgan fingerprint density at radius 3 is 2.26 bits per heavy atom. The van der Waals surface area contributed by atoms with Gasteiger partial charge in [-0.2, -0.15) is 0 Å². The van der Waals surface area contributed by atoms with Crippen LogP contribution < -0.4 is 20.9 Å². The lowest BCUT2D eigenvalue weighted by Crippen LogP contribution is -2.30. The highest BCUT2D eigenvalue weighted by molar-refractivity contribution is 8.00. The third-order valence-corrected chi connectivity index (χ3v) is 9.40. The lowest BCUT2D eigenvalue weighted by molar-refractivity contribution is -0.114. The van der Waals surface area contributed by atoms with Gasteiger partial charge in [0.05, 0.1) is 12.9 Å². The van der Waals surface area contributed by atoms with Crippen molar-refractivity contribution in [2.45, 2.75) is 11.8 Å². The molecule has 5 rings (SSSR count). The number of hydrogen-bond donors (Lipinski definition) is 3. The number of rotatable bonds is 12. The summed E-state index contributed by atoms with van der Waals surface area (Å²) in [4.78, 5) is 55.1. The van der Waals surface area contributed by atoms with E-state index in [2.05, 4.69) is 16.0 Å². The molecule has 0 aliphatic rings. The molecule has 0 unspecified atom stereocenters. The van der Waals surface area contributed by atoms with E-state index in [4.69, 9.17) is 4.74 Å². The van der Waals surface area contributed by atoms with Crippen LogP contribution in [0.5, 0.6) is 0 Å². The molecular weight excluding hydrogens is 669 g/mol. The van der Waals surface area contributed by atoms with E-state index in [0.29, 0.717) is 27.4 Å². The smallest absolute Gasteiger partial charge is 0.341 e. The summed E-state index contributed by atoms with van der Waals surface area (Å²) in [5.41, 5.74) is 5.63. The fourth-order valence-corrected chi connectivity index (χ4v) is 6.58. The lowest BCUT2D eigenvalue weighted by Gasteiger charge is -2.14. The maximum absolute atomic E-state index is 13.6. The second kappa shape index (κ2) is 16.6. The van der Waals surface area contributed by atoms with Gasteiger partial charge in [-0.25, -0.2) is 4.79 Å². The maximum Gasteiger partial charge on any atom is 0.341 e. The van der Waals surface area contributed by atoms with E-state index >= 15 is 0 Å². The first-order valence-electron chi connectivity index (χ1n) is 15.6. The molecule has 1 heterocycles. The maximum atomic E-state index is 13.6. The van der Waals surface area contributed by atoms with Crippen molar-refractivity contribution in [3.63, 3.8) is 0 Å². The van der Waals surface area contributed by atoms with Crippen LogP contribution in [0.15, 0.2) is 119 Å². The van der Waals surface area contributed by atoms with Crippen molar-refractivity contribution in [3.8, 4) is 11.1 Å². The van der Waals surface area contributed by atoms with E-state index < -0.39 is 17.8 Å². The van der Waals surface area contributed by atoms with E-state index in [1.807, 2.05) is 92.0 Å². The van der Waals surface area contributed by atoms with Gasteiger partial charge in [0, 0.05) is 46.9 Å². The largest absolute Gasteiger partial charge is 0.465 e. The summed E-state index contributed by atoms with van der Waals surface area (Å²) < 4.78 is 5.03. The molecule has 11 heteroatoms. The topological polar surface area (TPSA) is 117 Å². The van der Waals surface area contributed by atoms with Crippen LogP contribution in [-0.2, 0) is 14.3 Å². The summed E-state index contributed by atoms with van der Waals surface area (Å²) in [6.07, 6.45) is 1.62. The molecule has 0 aliphatic carbocycles. The average molecular weight is 705 g/mol. The number of nitrogens with one attached hydrogen (secondary N) is 3. The van der Waals surface area contributed by atoms with Gasteiger partial charge in [-0.1, -0.05) is 66.2 Å². The molecule has 5 aromatic rings.